The molecule has 3 aliphatic heterocycles. The van der Waals surface area contributed by atoms with Gasteiger partial charge in [0.25, 0.3) is 0 Å². The van der Waals surface area contributed by atoms with Gasteiger partial charge in [-0.15, -0.1) is 0 Å². The van der Waals surface area contributed by atoms with Gasteiger partial charge in [0.2, 0.25) is 9.84 Å². The normalized spacial score (nSPS) is 29.3. The summed E-state index contributed by atoms with van der Waals surface area (Å²) < 4.78 is 41.6. The van der Waals surface area contributed by atoms with Gasteiger partial charge in [-0.25, -0.2) is 8.42 Å². The Hall–Kier alpha value is -1.21. The van der Waals surface area contributed by atoms with Crippen molar-refractivity contribution in [3.63, 3.8) is 0 Å². The molecule has 3 aliphatic rings. The van der Waals surface area contributed by atoms with Crippen LogP contribution in [0.1, 0.15) is 5.56 Å². The predicted molar refractivity (Wildman–Crippen MR) is 71.9 cm³/mol. The smallest absolute Gasteiger partial charge is 0.205 e. The maximum atomic E-state index is 12.7. The second kappa shape index (κ2) is 4.96. The number of ether oxygens (including phenoxy) is 3. The highest BCUT2D eigenvalue weighted by Crippen LogP contribution is 2.35. The van der Waals surface area contributed by atoms with Gasteiger partial charge in [0.05, 0.1) is 16.4 Å². The van der Waals surface area contributed by atoms with E-state index in [0.29, 0.717) is 6.61 Å². The van der Waals surface area contributed by atoms with E-state index in [1.54, 1.807) is 30.3 Å². The molecule has 0 aromatic heterocycles. The Morgan fingerprint density at radius 3 is 2.55 bits per heavy atom. The third-order valence-electron chi connectivity index (χ3n) is 3.50. The van der Waals surface area contributed by atoms with E-state index in [9.17, 15) is 8.42 Å². The third kappa shape index (κ3) is 2.18. The van der Waals surface area contributed by atoms with E-state index in [2.05, 4.69) is 0 Å². The van der Waals surface area contributed by atoms with E-state index in [1.807, 2.05) is 6.92 Å². The van der Waals surface area contributed by atoms with Crippen LogP contribution in [-0.4, -0.2) is 40.6 Å². The SMILES string of the molecule is CO[C@H]1O[C@H]2C=C(S(=O)(=O)c3ccc(C)cc3)[C@@H]1OC2. The van der Waals surface area contributed by atoms with Crippen molar-refractivity contribution < 1.29 is 22.6 Å². The number of aryl methyl sites for hydroxylation is 1. The summed E-state index contributed by atoms with van der Waals surface area (Å²) in [6.07, 6.45) is -0.121. The first-order valence-corrected chi connectivity index (χ1v) is 7.84. The van der Waals surface area contributed by atoms with Gasteiger partial charge in [-0.3, -0.25) is 0 Å². The molecule has 1 fully saturated rings. The number of sulfone groups is 1. The molecule has 20 heavy (non-hydrogen) atoms. The van der Waals surface area contributed by atoms with Gasteiger partial charge in [0, 0.05) is 7.11 Å². The molecule has 6 heteroatoms. The Balaban J connectivity index is 2.01. The van der Waals surface area contributed by atoms with Gasteiger partial charge >= 0.3 is 0 Å². The quantitative estimate of drug-likeness (QED) is 0.844. The van der Waals surface area contributed by atoms with Gasteiger partial charge in [-0.05, 0) is 25.1 Å². The van der Waals surface area contributed by atoms with E-state index in [-0.39, 0.29) is 15.9 Å². The summed E-state index contributed by atoms with van der Waals surface area (Å²) in [7, 11) is -2.10. The van der Waals surface area contributed by atoms with Gasteiger partial charge in [0.15, 0.2) is 6.29 Å². The predicted octanol–water partition coefficient (Wildman–Crippen LogP) is 1.42. The number of benzene rings is 1. The van der Waals surface area contributed by atoms with Gasteiger partial charge < -0.3 is 14.2 Å². The summed E-state index contributed by atoms with van der Waals surface area (Å²) in [5.74, 6) is 0. The third-order valence-corrected chi connectivity index (χ3v) is 5.38. The molecule has 3 atom stereocenters. The lowest BCUT2D eigenvalue weighted by Gasteiger charge is -2.40. The molecule has 108 valence electrons. The number of hydrogen-bond acceptors (Lipinski definition) is 5. The van der Waals surface area contributed by atoms with Gasteiger partial charge in [-0.1, -0.05) is 17.7 Å². The van der Waals surface area contributed by atoms with Crippen LogP contribution in [0.4, 0.5) is 0 Å². The van der Waals surface area contributed by atoms with Crippen LogP contribution in [-0.2, 0) is 24.0 Å². The van der Waals surface area contributed by atoms with Crippen LogP contribution < -0.4 is 0 Å². The van der Waals surface area contributed by atoms with Crippen molar-refractivity contribution in [1.82, 2.24) is 0 Å². The summed E-state index contributed by atoms with van der Waals surface area (Å²) in [5, 5.41) is 0. The summed E-state index contributed by atoms with van der Waals surface area (Å²) >= 11 is 0. The molecular weight excluding hydrogens is 280 g/mol. The lowest BCUT2D eigenvalue weighted by atomic mass is 10.1. The molecule has 1 saturated heterocycles. The fraction of sp³-hybridized carbons (Fsp3) is 0.429. The summed E-state index contributed by atoms with van der Waals surface area (Å²) in [6.45, 7) is 2.27. The van der Waals surface area contributed by atoms with Crippen LogP contribution in [0.15, 0.2) is 40.1 Å². The second-order valence-corrected chi connectivity index (χ2v) is 6.87. The molecule has 0 radical (unpaired) electrons. The highest BCUT2D eigenvalue weighted by Gasteiger charge is 2.44. The van der Waals surface area contributed by atoms with Crippen LogP contribution >= 0.6 is 0 Å². The maximum Gasteiger partial charge on any atom is 0.205 e. The topological polar surface area (TPSA) is 61.8 Å². The minimum atomic E-state index is -3.58. The Bertz CT molecular complexity index is 632. The first kappa shape index (κ1) is 13.8. The molecule has 1 aromatic carbocycles. The Morgan fingerprint density at radius 1 is 1.25 bits per heavy atom. The van der Waals surface area contributed by atoms with Crippen molar-refractivity contribution >= 4 is 9.84 Å². The van der Waals surface area contributed by atoms with Crippen molar-refractivity contribution in [2.24, 2.45) is 0 Å². The molecule has 5 nitrogen and oxygen atoms in total. The van der Waals surface area contributed by atoms with E-state index in [4.69, 9.17) is 14.2 Å². The lowest BCUT2D eigenvalue weighted by molar-refractivity contribution is -0.253. The maximum absolute atomic E-state index is 12.7. The van der Waals surface area contributed by atoms with Crippen LogP contribution in [0.25, 0.3) is 0 Å². The molecule has 2 bridgehead atoms. The summed E-state index contributed by atoms with van der Waals surface area (Å²) in [4.78, 5) is 0.496. The molecule has 3 heterocycles. The van der Waals surface area contributed by atoms with Gasteiger partial charge in [-0.2, -0.15) is 0 Å². The van der Waals surface area contributed by atoms with Crippen molar-refractivity contribution in [3.05, 3.63) is 40.8 Å². The highest BCUT2D eigenvalue weighted by atomic mass is 32.2. The Kier molecular flexibility index (Phi) is 3.41. The highest BCUT2D eigenvalue weighted by molar-refractivity contribution is 7.95. The minimum Gasteiger partial charge on any atom is -0.364 e. The molecular formula is C14H16O5S. The van der Waals surface area contributed by atoms with Crippen molar-refractivity contribution in [1.29, 1.82) is 0 Å². The van der Waals surface area contributed by atoms with Crippen molar-refractivity contribution in [3.8, 4) is 0 Å². The van der Waals surface area contributed by atoms with Crippen LogP contribution in [0.5, 0.6) is 0 Å². The number of hydrogen-bond donors (Lipinski definition) is 0. The first-order chi connectivity index (χ1) is 9.52. The Labute approximate surface area is 118 Å². The van der Waals surface area contributed by atoms with Crippen LogP contribution in [0.2, 0.25) is 0 Å². The fourth-order valence-electron chi connectivity index (χ4n) is 2.42. The minimum absolute atomic E-state index is 0.232. The molecule has 0 N–H and O–H groups in total. The second-order valence-electron chi connectivity index (χ2n) is 4.92. The monoisotopic (exact) mass is 296 g/mol. The first-order valence-electron chi connectivity index (χ1n) is 6.35. The molecule has 0 unspecified atom stereocenters. The van der Waals surface area contributed by atoms with Crippen molar-refractivity contribution in [2.45, 2.75) is 30.3 Å². The van der Waals surface area contributed by atoms with E-state index in [1.165, 1.54) is 7.11 Å². The van der Waals surface area contributed by atoms with Crippen LogP contribution in [0.3, 0.4) is 0 Å². The number of rotatable bonds is 3. The summed E-state index contributed by atoms with van der Waals surface area (Å²) in [6, 6.07) is 6.77. The largest absolute Gasteiger partial charge is 0.364 e. The zero-order valence-corrected chi connectivity index (χ0v) is 12.1. The summed E-state index contributed by atoms with van der Waals surface area (Å²) in [5.41, 5.74) is 1.01. The van der Waals surface area contributed by atoms with Gasteiger partial charge in [0.1, 0.15) is 12.2 Å². The average Bonchev–Trinajstić information content (AvgIpc) is 2.48. The lowest BCUT2D eigenvalue weighted by Crippen LogP contribution is -2.50. The molecule has 1 aromatic rings. The number of fused-ring (bicyclic) bond motifs is 2. The molecule has 0 amide bonds. The van der Waals surface area contributed by atoms with E-state index < -0.39 is 22.2 Å². The van der Waals surface area contributed by atoms with E-state index >= 15 is 0 Å². The zero-order chi connectivity index (χ0) is 14.3. The van der Waals surface area contributed by atoms with Crippen molar-refractivity contribution in [2.75, 3.05) is 13.7 Å². The standard InChI is InChI=1S/C14H16O5S/c1-9-3-5-11(6-4-9)20(15,16)12-7-10-8-18-13(12)14(17-2)19-10/h3-7,10,13-14H,8H2,1-2H3/t10-,13-,14-/m0/s1. The average molecular weight is 296 g/mol. The van der Waals surface area contributed by atoms with E-state index in [0.717, 1.165) is 5.56 Å². The molecule has 0 spiro atoms. The Morgan fingerprint density at radius 2 is 1.95 bits per heavy atom. The molecule has 4 rings (SSSR count). The molecule has 0 saturated carbocycles. The fourth-order valence-corrected chi connectivity index (χ4v) is 4.00. The zero-order valence-electron chi connectivity index (χ0n) is 11.3. The van der Waals surface area contributed by atoms with Crippen LogP contribution in [0, 0.1) is 6.92 Å². The molecule has 0 aliphatic carbocycles. The number of methoxy groups -OCH3 is 1.